The van der Waals surface area contributed by atoms with E-state index in [9.17, 15) is 4.79 Å². The predicted octanol–water partition coefficient (Wildman–Crippen LogP) is 0.752. The zero-order valence-corrected chi connectivity index (χ0v) is 11.5. The van der Waals surface area contributed by atoms with Crippen LogP contribution < -0.4 is 5.32 Å². The van der Waals surface area contributed by atoms with Crippen molar-refractivity contribution in [2.24, 2.45) is 5.92 Å². The highest BCUT2D eigenvalue weighted by molar-refractivity contribution is 5.90. The molecule has 3 heterocycles. The van der Waals surface area contributed by atoms with Crippen LogP contribution in [-0.4, -0.2) is 51.7 Å². The minimum Gasteiger partial charge on any atom is -0.334 e. The fraction of sp³-hybridized carbons (Fsp3) is 0.769. The molecule has 2 N–H and O–H groups in total. The van der Waals surface area contributed by atoms with Gasteiger partial charge in [0.15, 0.2) is 0 Å². The average Bonchev–Trinajstić information content (AvgIpc) is 3.04. The van der Waals surface area contributed by atoms with Crippen molar-refractivity contribution < 1.29 is 4.79 Å². The highest BCUT2D eigenvalue weighted by Crippen LogP contribution is 2.25. The lowest BCUT2D eigenvalue weighted by atomic mass is 9.94. The first-order valence-electron chi connectivity index (χ1n) is 7.10. The molecule has 2 fully saturated rings. The summed E-state index contributed by atoms with van der Waals surface area (Å²) in [5.74, 6) is 1.90. The summed E-state index contributed by atoms with van der Waals surface area (Å²) in [5.41, 5.74) is 0. The van der Waals surface area contributed by atoms with Crippen LogP contribution in [0.5, 0.6) is 0 Å². The lowest BCUT2D eigenvalue weighted by molar-refractivity contribution is 0.0774. The van der Waals surface area contributed by atoms with E-state index in [2.05, 4.69) is 20.5 Å². The number of aromatic amines is 1. The first-order chi connectivity index (χ1) is 9.15. The van der Waals surface area contributed by atoms with Crippen molar-refractivity contribution in [3.63, 3.8) is 0 Å². The van der Waals surface area contributed by atoms with Crippen molar-refractivity contribution in [1.29, 1.82) is 0 Å². The zero-order chi connectivity index (χ0) is 13.4. The molecule has 104 valence electrons. The maximum atomic E-state index is 12.4. The Labute approximate surface area is 113 Å². The van der Waals surface area contributed by atoms with Gasteiger partial charge in [-0.25, -0.2) is 4.98 Å². The third kappa shape index (κ3) is 2.36. The number of amides is 1. The monoisotopic (exact) mass is 263 g/mol. The number of aromatic nitrogens is 3. The number of piperidine rings is 1. The average molecular weight is 263 g/mol. The van der Waals surface area contributed by atoms with E-state index in [1.165, 1.54) is 12.8 Å². The van der Waals surface area contributed by atoms with Crippen molar-refractivity contribution in [3.05, 3.63) is 11.6 Å². The van der Waals surface area contributed by atoms with E-state index in [1.54, 1.807) is 0 Å². The molecular weight excluding hydrogens is 242 g/mol. The first-order valence-corrected chi connectivity index (χ1v) is 7.10. The molecular formula is C13H21N5O. The Bertz CT molecular complexity index is 455. The molecule has 2 atom stereocenters. The Hall–Kier alpha value is -1.43. The highest BCUT2D eigenvalue weighted by Gasteiger charge is 2.37. The fourth-order valence-electron chi connectivity index (χ4n) is 2.98. The summed E-state index contributed by atoms with van der Waals surface area (Å²) in [5, 5.41) is 10.4. The molecule has 0 aromatic carbocycles. The van der Waals surface area contributed by atoms with E-state index in [0.29, 0.717) is 17.8 Å². The Balaban J connectivity index is 1.70. The second-order valence-corrected chi connectivity index (χ2v) is 5.87. The van der Waals surface area contributed by atoms with Gasteiger partial charge < -0.3 is 10.2 Å². The largest absolute Gasteiger partial charge is 0.334 e. The molecule has 0 saturated carbocycles. The molecule has 6 nitrogen and oxygen atoms in total. The Kier molecular flexibility index (Phi) is 3.26. The summed E-state index contributed by atoms with van der Waals surface area (Å²) in [7, 11) is 0. The summed E-state index contributed by atoms with van der Waals surface area (Å²) in [6.45, 7) is 6.75. The Morgan fingerprint density at radius 1 is 1.42 bits per heavy atom. The maximum Gasteiger partial charge on any atom is 0.293 e. The SMILES string of the molecule is CC(C)c1nc(C(=O)N2C[C@@H]3CCCN[C@@H]3C2)n[nH]1. The van der Waals surface area contributed by atoms with Gasteiger partial charge in [0, 0.05) is 25.0 Å². The van der Waals surface area contributed by atoms with Crippen LogP contribution in [0.4, 0.5) is 0 Å². The van der Waals surface area contributed by atoms with Crippen molar-refractivity contribution in [2.75, 3.05) is 19.6 Å². The van der Waals surface area contributed by atoms with Gasteiger partial charge in [0.25, 0.3) is 5.91 Å². The van der Waals surface area contributed by atoms with Crippen LogP contribution in [0.25, 0.3) is 0 Å². The number of likely N-dealkylation sites (tertiary alicyclic amines) is 1. The lowest BCUT2D eigenvalue weighted by Gasteiger charge is -2.24. The molecule has 1 aromatic rings. The minimum absolute atomic E-state index is 0.0423. The highest BCUT2D eigenvalue weighted by atomic mass is 16.2. The normalized spacial score (nSPS) is 26.8. The summed E-state index contributed by atoms with van der Waals surface area (Å²) < 4.78 is 0. The predicted molar refractivity (Wildman–Crippen MR) is 70.9 cm³/mol. The molecule has 0 aliphatic carbocycles. The van der Waals surface area contributed by atoms with Gasteiger partial charge in [0.2, 0.25) is 5.82 Å². The van der Waals surface area contributed by atoms with Gasteiger partial charge in [-0.05, 0) is 25.3 Å². The second-order valence-electron chi connectivity index (χ2n) is 5.87. The van der Waals surface area contributed by atoms with Crippen molar-refractivity contribution in [1.82, 2.24) is 25.4 Å². The van der Waals surface area contributed by atoms with Crippen LogP contribution in [0.3, 0.4) is 0 Å². The number of hydrogen-bond donors (Lipinski definition) is 2. The fourth-order valence-corrected chi connectivity index (χ4v) is 2.98. The van der Waals surface area contributed by atoms with E-state index in [-0.39, 0.29) is 11.8 Å². The van der Waals surface area contributed by atoms with Crippen molar-refractivity contribution >= 4 is 5.91 Å². The molecule has 1 amide bonds. The maximum absolute atomic E-state index is 12.4. The summed E-state index contributed by atoms with van der Waals surface area (Å²) in [6, 6.07) is 0.459. The molecule has 6 heteroatoms. The quantitative estimate of drug-likeness (QED) is 0.826. The molecule has 0 spiro atoms. The smallest absolute Gasteiger partial charge is 0.293 e. The molecule has 0 bridgehead atoms. The number of H-pyrrole nitrogens is 1. The topological polar surface area (TPSA) is 73.9 Å². The zero-order valence-electron chi connectivity index (χ0n) is 11.5. The van der Waals surface area contributed by atoms with Crippen LogP contribution in [0.2, 0.25) is 0 Å². The summed E-state index contributed by atoms with van der Waals surface area (Å²) >= 11 is 0. The summed E-state index contributed by atoms with van der Waals surface area (Å²) in [4.78, 5) is 18.6. The van der Waals surface area contributed by atoms with Gasteiger partial charge in [0.1, 0.15) is 5.82 Å². The number of nitrogens with zero attached hydrogens (tertiary/aromatic N) is 3. The molecule has 3 rings (SSSR count). The van der Waals surface area contributed by atoms with Crippen molar-refractivity contribution in [3.8, 4) is 0 Å². The van der Waals surface area contributed by atoms with Gasteiger partial charge in [-0.1, -0.05) is 13.8 Å². The van der Waals surface area contributed by atoms with Gasteiger partial charge in [-0.3, -0.25) is 9.89 Å². The molecule has 19 heavy (non-hydrogen) atoms. The van der Waals surface area contributed by atoms with Crippen LogP contribution in [0.15, 0.2) is 0 Å². The van der Waals surface area contributed by atoms with Crippen molar-refractivity contribution in [2.45, 2.75) is 38.6 Å². The molecule has 1 aromatic heterocycles. The molecule has 2 saturated heterocycles. The van der Waals surface area contributed by atoms with E-state index in [4.69, 9.17) is 0 Å². The third-order valence-electron chi connectivity index (χ3n) is 4.13. The number of rotatable bonds is 2. The van der Waals surface area contributed by atoms with Gasteiger partial charge in [0.05, 0.1) is 0 Å². The van der Waals surface area contributed by atoms with Crippen LogP contribution in [-0.2, 0) is 0 Å². The van der Waals surface area contributed by atoms with Crippen LogP contribution in [0, 0.1) is 5.92 Å². The van der Waals surface area contributed by atoms with E-state index in [1.807, 2.05) is 18.7 Å². The standard InChI is InChI=1S/C13H21N5O/c1-8(2)11-15-12(17-16-11)13(19)18-6-9-4-3-5-14-10(9)7-18/h8-10,14H,3-7H2,1-2H3,(H,15,16,17)/t9-,10+/m0/s1. The molecule has 2 aliphatic heterocycles. The van der Waals surface area contributed by atoms with Crippen LogP contribution >= 0.6 is 0 Å². The number of carbonyl (C=O) groups is 1. The van der Waals surface area contributed by atoms with E-state index in [0.717, 1.165) is 25.5 Å². The molecule has 0 radical (unpaired) electrons. The number of carbonyl (C=O) groups excluding carboxylic acids is 1. The van der Waals surface area contributed by atoms with E-state index < -0.39 is 0 Å². The van der Waals surface area contributed by atoms with Crippen LogP contribution in [0.1, 0.15) is 49.1 Å². The lowest BCUT2D eigenvalue weighted by Crippen LogP contribution is -2.41. The van der Waals surface area contributed by atoms with Gasteiger partial charge in [-0.15, -0.1) is 5.10 Å². The number of nitrogens with one attached hydrogen (secondary N) is 2. The Morgan fingerprint density at radius 3 is 2.95 bits per heavy atom. The molecule has 2 aliphatic rings. The minimum atomic E-state index is -0.0423. The first kappa shape index (κ1) is 12.6. The Morgan fingerprint density at radius 2 is 2.26 bits per heavy atom. The van der Waals surface area contributed by atoms with E-state index >= 15 is 0 Å². The molecule has 0 unspecified atom stereocenters. The van der Waals surface area contributed by atoms with Gasteiger partial charge in [-0.2, -0.15) is 0 Å². The number of fused-ring (bicyclic) bond motifs is 1. The second kappa shape index (κ2) is 4.92. The number of hydrogen-bond acceptors (Lipinski definition) is 4. The summed E-state index contributed by atoms with van der Waals surface area (Å²) in [6.07, 6.45) is 2.42. The third-order valence-corrected chi connectivity index (χ3v) is 4.13. The van der Waals surface area contributed by atoms with Gasteiger partial charge >= 0.3 is 0 Å².